The summed E-state index contributed by atoms with van der Waals surface area (Å²) in [6, 6.07) is 3.38. The minimum absolute atomic E-state index is 0.256. The molecule has 0 aromatic carbocycles. The van der Waals surface area contributed by atoms with E-state index in [0.29, 0.717) is 34.0 Å². The van der Waals surface area contributed by atoms with Gasteiger partial charge in [0.2, 0.25) is 11.8 Å². The summed E-state index contributed by atoms with van der Waals surface area (Å²) >= 11 is 0. The van der Waals surface area contributed by atoms with E-state index in [0.717, 1.165) is 11.6 Å². The van der Waals surface area contributed by atoms with E-state index in [4.69, 9.17) is 4.74 Å². The zero-order valence-electron chi connectivity index (χ0n) is 14.1. The summed E-state index contributed by atoms with van der Waals surface area (Å²) in [5, 5.41) is 3.34. The average molecular weight is 358 g/mol. The molecule has 1 fully saturated rings. The number of hydrogen-bond acceptors (Lipinski definition) is 4. The van der Waals surface area contributed by atoms with Crippen LogP contribution in [0.15, 0.2) is 24.5 Å². The molecular formula is C18H16F2N4O2. The molecule has 8 heteroatoms. The standard InChI is InChI=1S/C18H16F2N4O2/c1-8-13(20)7-22-18(26-2)15(8)11-6-21-16-9(11)3-4-14(23-16)24-17(25)10-5-12(10)19/h3-4,6-7,10,12H,5H2,1-2H3,(H2,21,23,24,25)/t10-,12+/m1/s1. The van der Waals surface area contributed by atoms with Gasteiger partial charge >= 0.3 is 0 Å². The lowest BCUT2D eigenvalue weighted by Gasteiger charge is -2.10. The third kappa shape index (κ3) is 2.67. The second kappa shape index (κ2) is 6.05. The first-order valence-electron chi connectivity index (χ1n) is 8.12. The van der Waals surface area contributed by atoms with Crippen LogP contribution in [0, 0.1) is 18.7 Å². The third-order valence-electron chi connectivity index (χ3n) is 4.54. The number of hydrogen-bond donors (Lipinski definition) is 2. The number of fused-ring (bicyclic) bond motifs is 1. The molecule has 3 heterocycles. The fraction of sp³-hybridized carbons (Fsp3) is 0.278. The molecule has 0 radical (unpaired) electrons. The number of amides is 1. The number of nitrogens with one attached hydrogen (secondary N) is 2. The largest absolute Gasteiger partial charge is 0.481 e. The van der Waals surface area contributed by atoms with Gasteiger partial charge in [0.05, 0.1) is 24.8 Å². The van der Waals surface area contributed by atoms with Crippen LogP contribution in [0.25, 0.3) is 22.2 Å². The first kappa shape index (κ1) is 16.4. The molecule has 0 spiro atoms. The molecule has 1 aliphatic rings. The van der Waals surface area contributed by atoms with Gasteiger partial charge in [0.1, 0.15) is 23.5 Å². The molecule has 3 aromatic rings. The van der Waals surface area contributed by atoms with Crippen LogP contribution in [-0.4, -0.2) is 34.1 Å². The van der Waals surface area contributed by atoms with E-state index in [2.05, 4.69) is 20.3 Å². The van der Waals surface area contributed by atoms with Crippen LogP contribution in [0.2, 0.25) is 0 Å². The lowest BCUT2D eigenvalue weighted by atomic mass is 10.0. The number of nitrogens with zero attached hydrogens (tertiary/aromatic N) is 2. The number of halogens is 2. The molecule has 0 bridgehead atoms. The number of carbonyl (C=O) groups is 1. The minimum atomic E-state index is -1.06. The van der Waals surface area contributed by atoms with E-state index in [1.54, 1.807) is 25.3 Å². The zero-order chi connectivity index (χ0) is 18.4. The normalized spacial score (nSPS) is 18.8. The van der Waals surface area contributed by atoms with Crippen LogP contribution < -0.4 is 10.1 Å². The molecule has 6 nitrogen and oxygen atoms in total. The summed E-state index contributed by atoms with van der Waals surface area (Å²) in [6.45, 7) is 1.65. The molecule has 1 aliphatic carbocycles. The molecule has 0 unspecified atom stereocenters. The molecule has 134 valence electrons. The number of H-pyrrole nitrogens is 1. The predicted octanol–water partition coefficient (Wildman–Crippen LogP) is 3.38. The second-order valence-electron chi connectivity index (χ2n) is 6.26. The van der Waals surface area contributed by atoms with E-state index in [1.807, 2.05) is 0 Å². The van der Waals surface area contributed by atoms with Crippen molar-refractivity contribution in [3.63, 3.8) is 0 Å². The quantitative estimate of drug-likeness (QED) is 0.749. The molecule has 2 atom stereocenters. The van der Waals surface area contributed by atoms with Crippen LogP contribution in [0.4, 0.5) is 14.6 Å². The SMILES string of the molecule is COc1ncc(F)c(C)c1-c1c[nH]c2nc(NC(=O)[C@@H]3C[C@@H]3F)ccc12. The number of methoxy groups -OCH3 is 1. The second-order valence-corrected chi connectivity index (χ2v) is 6.26. The molecule has 2 N–H and O–H groups in total. The average Bonchev–Trinajstić information content (AvgIpc) is 3.22. The Morgan fingerprint density at radius 1 is 1.42 bits per heavy atom. The van der Waals surface area contributed by atoms with Crippen LogP contribution in [-0.2, 0) is 4.79 Å². The lowest BCUT2D eigenvalue weighted by molar-refractivity contribution is -0.117. The van der Waals surface area contributed by atoms with Gasteiger partial charge in [-0.25, -0.2) is 18.7 Å². The summed E-state index contributed by atoms with van der Waals surface area (Å²) in [7, 11) is 1.47. The Kier molecular flexibility index (Phi) is 3.82. The third-order valence-corrected chi connectivity index (χ3v) is 4.54. The Balaban J connectivity index is 1.73. The highest BCUT2D eigenvalue weighted by atomic mass is 19.1. The Labute approximate surface area is 147 Å². The smallest absolute Gasteiger partial charge is 0.231 e. The number of anilines is 1. The van der Waals surface area contributed by atoms with Gasteiger partial charge in [0.15, 0.2) is 0 Å². The number of pyridine rings is 2. The van der Waals surface area contributed by atoms with Crippen molar-refractivity contribution in [1.82, 2.24) is 15.0 Å². The Morgan fingerprint density at radius 3 is 2.88 bits per heavy atom. The molecule has 26 heavy (non-hydrogen) atoms. The van der Waals surface area contributed by atoms with Crippen molar-refractivity contribution in [2.75, 3.05) is 12.4 Å². The van der Waals surface area contributed by atoms with Crippen molar-refractivity contribution in [1.29, 1.82) is 0 Å². The van der Waals surface area contributed by atoms with E-state index in [1.165, 1.54) is 7.11 Å². The first-order valence-corrected chi connectivity index (χ1v) is 8.12. The summed E-state index contributed by atoms with van der Waals surface area (Å²) in [5.41, 5.74) is 2.15. The monoisotopic (exact) mass is 358 g/mol. The number of rotatable bonds is 4. The predicted molar refractivity (Wildman–Crippen MR) is 92.2 cm³/mol. The van der Waals surface area contributed by atoms with E-state index < -0.39 is 17.9 Å². The molecule has 1 amide bonds. The van der Waals surface area contributed by atoms with E-state index in [9.17, 15) is 13.6 Å². The van der Waals surface area contributed by atoms with Crippen LogP contribution in [0.3, 0.4) is 0 Å². The van der Waals surface area contributed by atoms with Gasteiger partial charge < -0.3 is 15.0 Å². The van der Waals surface area contributed by atoms with Crippen LogP contribution in [0.5, 0.6) is 5.88 Å². The maximum Gasteiger partial charge on any atom is 0.231 e. The van der Waals surface area contributed by atoms with Crippen molar-refractivity contribution in [2.45, 2.75) is 19.5 Å². The van der Waals surface area contributed by atoms with Crippen LogP contribution in [0.1, 0.15) is 12.0 Å². The van der Waals surface area contributed by atoms with Gasteiger partial charge in [-0.2, -0.15) is 0 Å². The summed E-state index contributed by atoms with van der Waals surface area (Å²) in [5.74, 6) is -0.752. The van der Waals surface area contributed by atoms with Crippen LogP contribution >= 0.6 is 0 Å². The fourth-order valence-electron chi connectivity index (χ4n) is 2.96. The Bertz CT molecular complexity index is 1020. The van der Waals surface area contributed by atoms with Gasteiger partial charge in [0, 0.05) is 17.1 Å². The highest BCUT2D eigenvalue weighted by Crippen LogP contribution is 2.37. The topological polar surface area (TPSA) is 79.9 Å². The molecule has 1 saturated carbocycles. The number of alkyl halides is 1. The lowest BCUT2D eigenvalue weighted by Crippen LogP contribution is -2.15. The van der Waals surface area contributed by atoms with Crippen molar-refractivity contribution < 1.29 is 18.3 Å². The van der Waals surface area contributed by atoms with E-state index >= 15 is 0 Å². The molecule has 4 rings (SSSR count). The number of carbonyl (C=O) groups excluding carboxylic acids is 1. The van der Waals surface area contributed by atoms with Crippen molar-refractivity contribution in [3.05, 3.63) is 35.9 Å². The summed E-state index contributed by atoms with van der Waals surface area (Å²) in [4.78, 5) is 23.2. The fourth-order valence-corrected chi connectivity index (χ4v) is 2.96. The maximum absolute atomic E-state index is 14.0. The van der Waals surface area contributed by atoms with Gasteiger partial charge in [-0.05, 0) is 31.0 Å². The molecule has 0 saturated heterocycles. The summed E-state index contributed by atoms with van der Waals surface area (Å²) in [6.07, 6.45) is 2.00. The van der Waals surface area contributed by atoms with Crippen molar-refractivity contribution in [2.24, 2.45) is 5.92 Å². The summed E-state index contributed by atoms with van der Waals surface area (Å²) < 4.78 is 32.2. The highest BCUT2D eigenvalue weighted by molar-refractivity contribution is 5.98. The van der Waals surface area contributed by atoms with Gasteiger partial charge in [-0.1, -0.05) is 0 Å². The van der Waals surface area contributed by atoms with Gasteiger partial charge in [-0.3, -0.25) is 4.79 Å². The van der Waals surface area contributed by atoms with E-state index in [-0.39, 0.29) is 12.3 Å². The van der Waals surface area contributed by atoms with Crippen molar-refractivity contribution >= 4 is 22.8 Å². The minimum Gasteiger partial charge on any atom is -0.481 e. The molecule has 3 aromatic heterocycles. The maximum atomic E-state index is 14.0. The zero-order valence-corrected chi connectivity index (χ0v) is 14.1. The molecular weight excluding hydrogens is 342 g/mol. The molecule has 0 aliphatic heterocycles. The first-order chi connectivity index (χ1) is 12.5. The van der Waals surface area contributed by atoms with Crippen molar-refractivity contribution in [3.8, 4) is 17.0 Å². The Morgan fingerprint density at radius 2 is 2.19 bits per heavy atom. The van der Waals surface area contributed by atoms with Gasteiger partial charge in [0.25, 0.3) is 0 Å². The number of ether oxygens (including phenoxy) is 1. The Hall–Kier alpha value is -3.03. The number of aromatic amines is 1. The highest BCUT2D eigenvalue weighted by Gasteiger charge is 2.43. The number of aromatic nitrogens is 3. The van der Waals surface area contributed by atoms with Gasteiger partial charge in [-0.15, -0.1) is 0 Å².